The largest absolute Gasteiger partial charge is 0.494 e. The van der Waals surface area contributed by atoms with Gasteiger partial charge in [0.15, 0.2) is 0 Å². The summed E-state index contributed by atoms with van der Waals surface area (Å²) in [6, 6.07) is 18.0. The Labute approximate surface area is 102 Å². The molecule has 0 amide bonds. The summed E-state index contributed by atoms with van der Waals surface area (Å²) in [5, 5.41) is 0. The van der Waals surface area contributed by atoms with Crippen LogP contribution in [-0.4, -0.2) is 6.61 Å². The average Bonchev–Trinajstić information content (AvgIpc) is 2.38. The number of nitrogen functional groups attached to an aromatic ring is 1. The maximum absolute atomic E-state index is 5.63. The van der Waals surface area contributed by atoms with E-state index in [-0.39, 0.29) is 0 Å². The molecule has 0 heterocycles. The number of rotatable bonds is 5. The van der Waals surface area contributed by atoms with Crippen LogP contribution in [0.15, 0.2) is 54.6 Å². The molecule has 2 nitrogen and oxygen atoms in total. The first-order valence-corrected chi connectivity index (χ1v) is 5.87. The van der Waals surface area contributed by atoms with Crippen LogP contribution in [-0.2, 0) is 6.42 Å². The van der Waals surface area contributed by atoms with E-state index in [2.05, 4.69) is 24.3 Å². The molecular weight excluding hydrogens is 210 g/mol. The fourth-order valence-corrected chi connectivity index (χ4v) is 1.68. The number of aryl methyl sites for hydroxylation is 1. The molecule has 17 heavy (non-hydrogen) atoms. The molecule has 2 aromatic rings. The lowest BCUT2D eigenvalue weighted by Gasteiger charge is -2.06. The zero-order valence-electron chi connectivity index (χ0n) is 9.80. The fraction of sp³-hybridized carbons (Fsp3) is 0.200. The molecule has 2 heteroatoms. The smallest absolute Gasteiger partial charge is 0.119 e. The first kappa shape index (κ1) is 11.5. The van der Waals surface area contributed by atoms with Crippen LogP contribution in [0.25, 0.3) is 0 Å². The van der Waals surface area contributed by atoms with E-state index in [1.54, 1.807) is 0 Å². The zero-order valence-corrected chi connectivity index (χ0v) is 9.80. The monoisotopic (exact) mass is 227 g/mol. The Hall–Kier alpha value is -1.96. The Bertz CT molecular complexity index is 436. The van der Waals surface area contributed by atoms with E-state index in [4.69, 9.17) is 10.5 Å². The summed E-state index contributed by atoms with van der Waals surface area (Å²) in [7, 11) is 0. The predicted molar refractivity (Wildman–Crippen MR) is 71.1 cm³/mol. The van der Waals surface area contributed by atoms with Crippen LogP contribution < -0.4 is 10.5 Å². The van der Waals surface area contributed by atoms with E-state index in [9.17, 15) is 0 Å². The standard InChI is InChI=1S/C15H17NO/c16-14-8-10-15(11-9-14)17-12-4-7-13-5-2-1-3-6-13/h1-3,5-6,8-11H,4,7,12,16H2. The minimum Gasteiger partial charge on any atom is -0.494 e. The lowest BCUT2D eigenvalue weighted by atomic mass is 10.1. The molecule has 2 aromatic carbocycles. The van der Waals surface area contributed by atoms with Crippen molar-refractivity contribution in [1.29, 1.82) is 0 Å². The second-order valence-electron chi connectivity index (χ2n) is 4.01. The van der Waals surface area contributed by atoms with Gasteiger partial charge in [0.2, 0.25) is 0 Å². The Morgan fingerprint density at radius 2 is 1.59 bits per heavy atom. The second-order valence-corrected chi connectivity index (χ2v) is 4.01. The van der Waals surface area contributed by atoms with Gasteiger partial charge in [0.05, 0.1) is 6.61 Å². The van der Waals surface area contributed by atoms with Crippen molar-refractivity contribution in [3.05, 3.63) is 60.2 Å². The highest BCUT2D eigenvalue weighted by Crippen LogP contribution is 2.13. The molecular formula is C15H17NO. The lowest BCUT2D eigenvalue weighted by Crippen LogP contribution is -1.99. The molecule has 0 bridgehead atoms. The molecule has 0 radical (unpaired) electrons. The highest BCUT2D eigenvalue weighted by atomic mass is 16.5. The average molecular weight is 227 g/mol. The normalized spacial score (nSPS) is 10.1. The van der Waals surface area contributed by atoms with Crippen LogP contribution >= 0.6 is 0 Å². The van der Waals surface area contributed by atoms with Crippen molar-refractivity contribution in [2.24, 2.45) is 0 Å². The van der Waals surface area contributed by atoms with Gasteiger partial charge in [-0.25, -0.2) is 0 Å². The van der Waals surface area contributed by atoms with Crippen molar-refractivity contribution >= 4 is 5.69 Å². The minimum absolute atomic E-state index is 0.735. The molecule has 2 rings (SSSR count). The molecule has 0 atom stereocenters. The van der Waals surface area contributed by atoms with Gasteiger partial charge in [0.1, 0.15) is 5.75 Å². The second kappa shape index (κ2) is 5.94. The maximum atomic E-state index is 5.63. The van der Waals surface area contributed by atoms with Gasteiger partial charge in [0.25, 0.3) is 0 Å². The van der Waals surface area contributed by atoms with Gasteiger partial charge in [-0.2, -0.15) is 0 Å². The Morgan fingerprint density at radius 3 is 2.29 bits per heavy atom. The molecule has 0 aliphatic rings. The number of benzene rings is 2. The van der Waals surface area contributed by atoms with E-state index in [0.717, 1.165) is 30.9 Å². The van der Waals surface area contributed by atoms with Crippen LogP contribution in [0.4, 0.5) is 5.69 Å². The van der Waals surface area contributed by atoms with Crippen LogP contribution in [0.3, 0.4) is 0 Å². The Morgan fingerprint density at radius 1 is 0.882 bits per heavy atom. The van der Waals surface area contributed by atoms with Crippen LogP contribution in [0.5, 0.6) is 5.75 Å². The summed E-state index contributed by atoms with van der Waals surface area (Å²) in [5.41, 5.74) is 7.72. The number of hydrogen-bond donors (Lipinski definition) is 1. The lowest BCUT2D eigenvalue weighted by molar-refractivity contribution is 0.311. The molecule has 88 valence electrons. The molecule has 0 fully saturated rings. The topological polar surface area (TPSA) is 35.2 Å². The van der Waals surface area contributed by atoms with Gasteiger partial charge in [-0.05, 0) is 42.7 Å². The number of hydrogen-bond acceptors (Lipinski definition) is 2. The van der Waals surface area contributed by atoms with Gasteiger partial charge in [0, 0.05) is 5.69 Å². The summed E-state index contributed by atoms with van der Waals surface area (Å²) < 4.78 is 5.63. The summed E-state index contributed by atoms with van der Waals surface area (Å²) in [6.45, 7) is 0.735. The third-order valence-electron chi connectivity index (χ3n) is 2.60. The van der Waals surface area contributed by atoms with E-state index < -0.39 is 0 Å². The third kappa shape index (κ3) is 3.83. The van der Waals surface area contributed by atoms with E-state index in [1.807, 2.05) is 30.3 Å². The molecule has 2 N–H and O–H groups in total. The molecule has 0 unspecified atom stereocenters. The molecule has 0 aliphatic heterocycles. The predicted octanol–water partition coefficient (Wildman–Crippen LogP) is 3.28. The fourth-order valence-electron chi connectivity index (χ4n) is 1.68. The number of ether oxygens (including phenoxy) is 1. The Balaban J connectivity index is 1.71. The van der Waals surface area contributed by atoms with Crippen LogP contribution in [0.1, 0.15) is 12.0 Å². The maximum Gasteiger partial charge on any atom is 0.119 e. The molecule has 0 spiro atoms. The van der Waals surface area contributed by atoms with Crippen molar-refractivity contribution in [3.63, 3.8) is 0 Å². The first-order valence-electron chi connectivity index (χ1n) is 5.87. The quantitative estimate of drug-likeness (QED) is 0.628. The van der Waals surface area contributed by atoms with Crippen molar-refractivity contribution < 1.29 is 4.74 Å². The Kier molecular flexibility index (Phi) is 4.03. The van der Waals surface area contributed by atoms with Crippen molar-refractivity contribution in [2.75, 3.05) is 12.3 Å². The molecule has 0 aromatic heterocycles. The summed E-state index contributed by atoms with van der Waals surface area (Å²) in [4.78, 5) is 0. The number of anilines is 1. The van der Waals surface area contributed by atoms with Gasteiger partial charge in [-0.3, -0.25) is 0 Å². The van der Waals surface area contributed by atoms with Crippen molar-refractivity contribution in [3.8, 4) is 5.75 Å². The highest BCUT2D eigenvalue weighted by Gasteiger charge is 1.95. The van der Waals surface area contributed by atoms with Gasteiger partial charge < -0.3 is 10.5 Å². The van der Waals surface area contributed by atoms with Gasteiger partial charge in [-0.1, -0.05) is 30.3 Å². The number of nitrogens with two attached hydrogens (primary N) is 1. The highest BCUT2D eigenvalue weighted by molar-refractivity contribution is 5.41. The van der Waals surface area contributed by atoms with Crippen LogP contribution in [0, 0.1) is 0 Å². The van der Waals surface area contributed by atoms with Crippen molar-refractivity contribution in [2.45, 2.75) is 12.8 Å². The van der Waals surface area contributed by atoms with Gasteiger partial charge >= 0.3 is 0 Å². The van der Waals surface area contributed by atoms with Crippen LogP contribution in [0.2, 0.25) is 0 Å². The minimum atomic E-state index is 0.735. The SMILES string of the molecule is Nc1ccc(OCCCc2ccccc2)cc1. The molecule has 0 saturated carbocycles. The van der Waals surface area contributed by atoms with E-state index >= 15 is 0 Å². The molecule has 0 saturated heterocycles. The summed E-state index contributed by atoms with van der Waals surface area (Å²) >= 11 is 0. The van der Waals surface area contributed by atoms with Crippen molar-refractivity contribution in [1.82, 2.24) is 0 Å². The van der Waals surface area contributed by atoms with E-state index in [0.29, 0.717) is 0 Å². The first-order chi connectivity index (χ1) is 8.34. The van der Waals surface area contributed by atoms with E-state index in [1.165, 1.54) is 5.56 Å². The summed E-state index contributed by atoms with van der Waals surface area (Å²) in [5.74, 6) is 0.882. The summed E-state index contributed by atoms with van der Waals surface area (Å²) in [6.07, 6.45) is 2.07. The van der Waals surface area contributed by atoms with Gasteiger partial charge in [-0.15, -0.1) is 0 Å². The third-order valence-corrected chi connectivity index (χ3v) is 2.60. The molecule has 0 aliphatic carbocycles. The zero-order chi connectivity index (χ0) is 11.9.